The highest BCUT2D eigenvalue weighted by molar-refractivity contribution is 7.47. The first-order valence-electron chi connectivity index (χ1n) is 41.5. The Labute approximate surface area is 607 Å². The largest absolute Gasteiger partial charge is 0.472 e. The third-order valence-corrected chi connectivity index (χ3v) is 20.6. The maximum atomic E-state index is 13.1. The molecule has 19 heteroatoms. The zero-order valence-corrected chi connectivity index (χ0v) is 66.6. The highest BCUT2D eigenvalue weighted by atomic mass is 31.2. The quantitative estimate of drug-likeness (QED) is 0.0222. The first-order valence-corrected chi connectivity index (χ1v) is 44.5. The number of unbranched alkanes of at least 4 members (excludes halogenated alkanes) is 49. The summed E-state index contributed by atoms with van der Waals surface area (Å²) in [5, 5.41) is 10.6. The molecule has 588 valence electrons. The van der Waals surface area contributed by atoms with Crippen LogP contribution >= 0.6 is 15.6 Å². The Bertz CT molecular complexity index is 1910. The second kappa shape index (κ2) is 71.7. The van der Waals surface area contributed by atoms with Crippen molar-refractivity contribution in [1.82, 2.24) is 0 Å². The number of esters is 4. The van der Waals surface area contributed by atoms with E-state index in [4.69, 9.17) is 37.0 Å². The van der Waals surface area contributed by atoms with E-state index in [2.05, 4.69) is 41.5 Å². The number of carbonyl (C=O) groups is 4. The number of carbonyl (C=O) groups excluding carboxylic acids is 4. The summed E-state index contributed by atoms with van der Waals surface area (Å²) in [7, 11) is -9.91. The van der Waals surface area contributed by atoms with Crippen LogP contribution in [0.15, 0.2) is 0 Å². The average Bonchev–Trinajstić information content (AvgIpc) is 1.31. The molecule has 0 saturated carbocycles. The van der Waals surface area contributed by atoms with Gasteiger partial charge in [-0.2, -0.15) is 0 Å². The van der Waals surface area contributed by atoms with Gasteiger partial charge in [-0.1, -0.05) is 369 Å². The Balaban J connectivity index is 5.12. The Morgan fingerprint density at radius 2 is 0.465 bits per heavy atom. The number of aliphatic hydroxyl groups excluding tert-OH is 1. The predicted molar refractivity (Wildman–Crippen MR) is 405 cm³/mol. The second-order valence-corrected chi connectivity index (χ2v) is 32.7. The van der Waals surface area contributed by atoms with Crippen LogP contribution in [0.3, 0.4) is 0 Å². The van der Waals surface area contributed by atoms with E-state index in [-0.39, 0.29) is 25.7 Å². The van der Waals surface area contributed by atoms with Crippen LogP contribution in [0.25, 0.3) is 0 Å². The second-order valence-electron chi connectivity index (χ2n) is 29.8. The van der Waals surface area contributed by atoms with Gasteiger partial charge in [0.05, 0.1) is 26.4 Å². The Morgan fingerprint density at radius 1 is 0.273 bits per heavy atom. The van der Waals surface area contributed by atoms with Crippen LogP contribution in [0.5, 0.6) is 0 Å². The van der Waals surface area contributed by atoms with E-state index in [1.165, 1.54) is 231 Å². The molecule has 0 rings (SSSR count). The number of hydrogen-bond acceptors (Lipinski definition) is 15. The standard InChI is InChI=1S/C80H156O17P2/c1-7-9-11-13-14-15-16-17-18-19-20-21-24-31-36-41-46-52-59-65-80(85)97-76(69-91-78(83)63-57-51-45-40-35-30-25-22-23-28-33-38-43-49-54-60-72(3)4)71-95-99(88,89)93-67-74(81)66-92-98(86,87)94-70-75(68-90-77(82)62-56-48-12-10-8-2)96-79(84)64-58-53-47-42-37-32-27-26-29-34-39-44-50-55-61-73(5)6/h72-76,81H,7-71H2,1-6H3,(H,86,87)(H,88,89)/t74-,75+,76+/m0/s1. The molecule has 2 unspecified atom stereocenters. The first kappa shape index (κ1) is 97.1. The van der Waals surface area contributed by atoms with Crippen molar-refractivity contribution in [3.8, 4) is 0 Å². The smallest absolute Gasteiger partial charge is 0.462 e. The highest BCUT2D eigenvalue weighted by Gasteiger charge is 2.30. The molecular weight excluding hydrogens is 1290 g/mol. The maximum Gasteiger partial charge on any atom is 0.472 e. The average molecular weight is 1450 g/mol. The van der Waals surface area contributed by atoms with E-state index in [1.807, 2.05) is 0 Å². The third-order valence-electron chi connectivity index (χ3n) is 18.7. The maximum absolute atomic E-state index is 13.1. The number of hydrogen-bond donors (Lipinski definition) is 3. The summed E-state index contributed by atoms with van der Waals surface area (Å²) >= 11 is 0. The fourth-order valence-corrected chi connectivity index (χ4v) is 13.9. The van der Waals surface area contributed by atoms with Gasteiger partial charge in [-0.05, 0) is 37.5 Å². The summed E-state index contributed by atoms with van der Waals surface area (Å²) in [5.41, 5.74) is 0. The molecular formula is C80H156O17P2. The van der Waals surface area contributed by atoms with Crippen molar-refractivity contribution >= 4 is 39.5 Å². The highest BCUT2D eigenvalue weighted by Crippen LogP contribution is 2.45. The molecule has 0 aliphatic carbocycles. The zero-order valence-electron chi connectivity index (χ0n) is 64.8. The number of aliphatic hydroxyl groups is 1. The van der Waals surface area contributed by atoms with E-state index in [1.54, 1.807) is 0 Å². The van der Waals surface area contributed by atoms with Gasteiger partial charge in [-0.15, -0.1) is 0 Å². The van der Waals surface area contributed by atoms with Crippen LogP contribution in [0.4, 0.5) is 0 Å². The number of rotatable bonds is 79. The normalized spacial score (nSPS) is 13.9. The van der Waals surface area contributed by atoms with Crippen molar-refractivity contribution in [2.75, 3.05) is 39.6 Å². The van der Waals surface area contributed by atoms with Gasteiger partial charge >= 0.3 is 39.5 Å². The molecule has 3 N–H and O–H groups in total. The molecule has 99 heavy (non-hydrogen) atoms. The summed E-state index contributed by atoms with van der Waals surface area (Å²) in [6.45, 7) is 9.59. The van der Waals surface area contributed by atoms with Gasteiger partial charge in [0.1, 0.15) is 19.3 Å². The fraction of sp³-hybridized carbons (Fsp3) is 0.950. The minimum Gasteiger partial charge on any atom is -0.462 e. The summed E-state index contributed by atoms with van der Waals surface area (Å²) < 4.78 is 68.5. The summed E-state index contributed by atoms with van der Waals surface area (Å²) in [6, 6.07) is 0. The first-order chi connectivity index (χ1) is 47.9. The molecule has 0 saturated heterocycles. The monoisotopic (exact) mass is 1450 g/mol. The minimum atomic E-state index is -4.96. The van der Waals surface area contributed by atoms with E-state index in [0.717, 1.165) is 108 Å². The fourth-order valence-electron chi connectivity index (χ4n) is 12.4. The van der Waals surface area contributed by atoms with Crippen molar-refractivity contribution in [2.24, 2.45) is 11.8 Å². The molecule has 0 aliphatic heterocycles. The van der Waals surface area contributed by atoms with Crippen molar-refractivity contribution in [2.45, 2.75) is 439 Å². The molecule has 0 amide bonds. The van der Waals surface area contributed by atoms with Crippen molar-refractivity contribution in [3.63, 3.8) is 0 Å². The molecule has 0 fully saturated rings. The molecule has 0 bridgehead atoms. The van der Waals surface area contributed by atoms with Crippen LogP contribution in [0, 0.1) is 11.8 Å². The van der Waals surface area contributed by atoms with Gasteiger partial charge < -0.3 is 33.8 Å². The number of phosphoric acid groups is 2. The van der Waals surface area contributed by atoms with E-state index >= 15 is 0 Å². The topological polar surface area (TPSA) is 237 Å². The lowest BCUT2D eigenvalue weighted by atomic mass is 10.0. The van der Waals surface area contributed by atoms with Crippen LogP contribution in [0.2, 0.25) is 0 Å². The number of ether oxygens (including phenoxy) is 4. The molecule has 0 radical (unpaired) electrons. The predicted octanol–water partition coefficient (Wildman–Crippen LogP) is 23.9. The van der Waals surface area contributed by atoms with Crippen LogP contribution in [-0.4, -0.2) is 96.7 Å². The van der Waals surface area contributed by atoms with Gasteiger partial charge in [0.2, 0.25) is 0 Å². The summed E-state index contributed by atoms with van der Waals surface area (Å²) in [6.07, 6.45) is 61.5. The van der Waals surface area contributed by atoms with Crippen LogP contribution in [0.1, 0.15) is 420 Å². The third kappa shape index (κ3) is 74.1. The molecule has 0 aromatic heterocycles. The molecule has 0 aliphatic rings. The lowest BCUT2D eigenvalue weighted by Crippen LogP contribution is -2.30. The minimum absolute atomic E-state index is 0.107. The van der Waals surface area contributed by atoms with Gasteiger partial charge in [0, 0.05) is 25.7 Å². The van der Waals surface area contributed by atoms with Gasteiger partial charge in [-0.25, -0.2) is 9.13 Å². The van der Waals surface area contributed by atoms with E-state index in [0.29, 0.717) is 25.7 Å². The van der Waals surface area contributed by atoms with E-state index < -0.39 is 97.5 Å². The van der Waals surface area contributed by atoms with Gasteiger partial charge in [-0.3, -0.25) is 37.3 Å². The lowest BCUT2D eigenvalue weighted by molar-refractivity contribution is -0.161. The molecule has 0 heterocycles. The Kier molecular flexibility index (Phi) is 70.3. The van der Waals surface area contributed by atoms with Crippen molar-refractivity contribution < 1.29 is 80.2 Å². The zero-order chi connectivity index (χ0) is 72.8. The van der Waals surface area contributed by atoms with E-state index in [9.17, 15) is 43.2 Å². The molecule has 5 atom stereocenters. The SMILES string of the molecule is CCCCCCCCCCCCCCCCCCCCCC(=O)O[C@H](COC(=O)CCCCCCCCCCCCCCCCCC(C)C)COP(=O)(O)OC[C@@H](O)COP(=O)(O)OC[C@@H](COC(=O)CCCCCCC)OC(=O)CCCCCCCCCCCCCCCCC(C)C. The Morgan fingerprint density at radius 3 is 0.687 bits per heavy atom. The number of phosphoric ester groups is 2. The Hall–Kier alpha value is -1.94. The molecule has 0 aromatic rings. The van der Waals surface area contributed by atoms with Crippen molar-refractivity contribution in [3.05, 3.63) is 0 Å². The van der Waals surface area contributed by atoms with Crippen molar-refractivity contribution in [1.29, 1.82) is 0 Å². The van der Waals surface area contributed by atoms with Crippen LogP contribution < -0.4 is 0 Å². The molecule has 0 spiro atoms. The van der Waals surface area contributed by atoms with Gasteiger partial charge in [0.25, 0.3) is 0 Å². The summed E-state index contributed by atoms with van der Waals surface area (Å²) in [4.78, 5) is 72.7. The van der Waals surface area contributed by atoms with Crippen LogP contribution in [-0.2, 0) is 65.4 Å². The van der Waals surface area contributed by atoms with Gasteiger partial charge in [0.15, 0.2) is 12.2 Å². The molecule has 17 nitrogen and oxygen atoms in total. The lowest BCUT2D eigenvalue weighted by Gasteiger charge is -2.21. The molecule has 0 aromatic carbocycles. The summed E-state index contributed by atoms with van der Waals surface area (Å²) in [5.74, 6) is -0.519.